The number of sulfonamides is 1. The fourth-order valence-electron chi connectivity index (χ4n) is 2.06. The van der Waals surface area contributed by atoms with Crippen molar-refractivity contribution < 1.29 is 22.4 Å². The van der Waals surface area contributed by atoms with Gasteiger partial charge >= 0.3 is 11.8 Å². The third-order valence-electron chi connectivity index (χ3n) is 3.43. The summed E-state index contributed by atoms with van der Waals surface area (Å²) in [5.74, 6) is -1.05. The lowest BCUT2D eigenvalue weighted by atomic mass is 10.2. The maximum Gasteiger partial charge on any atom is 0.329 e. The van der Waals surface area contributed by atoms with Gasteiger partial charge in [-0.2, -0.15) is 5.10 Å². The summed E-state index contributed by atoms with van der Waals surface area (Å²) >= 11 is 0. The first-order valence-corrected chi connectivity index (χ1v) is 9.94. The van der Waals surface area contributed by atoms with E-state index < -0.39 is 21.8 Å². The summed E-state index contributed by atoms with van der Waals surface area (Å²) in [6.45, 7) is 5.28. The average Bonchev–Trinajstić information content (AvgIpc) is 3.07. The molecule has 1 aromatic carbocycles. The lowest BCUT2D eigenvalue weighted by molar-refractivity contribution is -0.139. The number of carbonyl (C=O) groups excluding carboxylic acids is 2. The molecule has 2 amide bonds. The fraction of sp³-hybridized carbons (Fsp3) is 0.278. The zero-order chi connectivity index (χ0) is 20.7. The monoisotopic (exact) mass is 406 g/mol. The maximum absolute atomic E-state index is 12.2. The molecule has 0 saturated carbocycles. The Hall–Kier alpha value is -2.98. The third kappa shape index (κ3) is 6.32. The second-order valence-corrected chi connectivity index (χ2v) is 8.04. The molecule has 0 aliphatic carbocycles. The zero-order valence-corrected chi connectivity index (χ0v) is 16.5. The molecular weight excluding hydrogens is 384 g/mol. The predicted molar refractivity (Wildman–Crippen MR) is 103 cm³/mol. The molecule has 0 spiro atoms. The van der Waals surface area contributed by atoms with Crippen LogP contribution in [0, 0.1) is 6.92 Å². The predicted octanol–water partition coefficient (Wildman–Crippen LogP) is 1.04. The molecule has 1 heterocycles. The van der Waals surface area contributed by atoms with Gasteiger partial charge in [-0.15, -0.1) is 0 Å². The highest BCUT2D eigenvalue weighted by atomic mass is 32.2. The van der Waals surface area contributed by atoms with Gasteiger partial charge in [0.1, 0.15) is 11.5 Å². The highest BCUT2D eigenvalue weighted by molar-refractivity contribution is 7.89. The lowest BCUT2D eigenvalue weighted by Gasteiger charge is -2.06. The summed E-state index contributed by atoms with van der Waals surface area (Å²) in [4.78, 5) is 23.1. The van der Waals surface area contributed by atoms with Gasteiger partial charge in [0.2, 0.25) is 10.0 Å². The van der Waals surface area contributed by atoms with E-state index in [0.717, 1.165) is 5.56 Å². The van der Waals surface area contributed by atoms with Crippen molar-refractivity contribution in [3.63, 3.8) is 0 Å². The van der Waals surface area contributed by atoms with Crippen LogP contribution in [-0.2, 0) is 26.2 Å². The summed E-state index contributed by atoms with van der Waals surface area (Å²) in [5, 5.41) is 6.06. The quantitative estimate of drug-likeness (QED) is 0.359. The van der Waals surface area contributed by atoms with Gasteiger partial charge in [0, 0.05) is 6.04 Å². The minimum Gasteiger partial charge on any atom is -0.459 e. The summed E-state index contributed by atoms with van der Waals surface area (Å²) in [7, 11) is -3.66. The number of amides is 2. The molecule has 0 aliphatic rings. The highest BCUT2D eigenvalue weighted by Gasteiger charge is 2.15. The first kappa shape index (κ1) is 21.3. The minimum absolute atomic E-state index is 0.0484. The van der Waals surface area contributed by atoms with Crippen molar-refractivity contribution in [3.05, 3.63) is 53.5 Å². The van der Waals surface area contributed by atoms with Crippen LogP contribution in [0.2, 0.25) is 0 Å². The molecule has 2 aromatic rings. The smallest absolute Gasteiger partial charge is 0.329 e. The van der Waals surface area contributed by atoms with Crippen LogP contribution < -0.4 is 15.5 Å². The number of nitrogens with one attached hydrogen (secondary N) is 3. The number of carbonyl (C=O) groups is 2. The van der Waals surface area contributed by atoms with Crippen LogP contribution in [0.5, 0.6) is 0 Å². The molecule has 0 aliphatic heterocycles. The lowest BCUT2D eigenvalue weighted by Crippen LogP contribution is -2.41. The second-order valence-electron chi connectivity index (χ2n) is 6.27. The second kappa shape index (κ2) is 9.29. The molecule has 0 bridgehead atoms. The Morgan fingerprint density at radius 2 is 1.79 bits per heavy atom. The van der Waals surface area contributed by atoms with Crippen LogP contribution in [0.25, 0.3) is 0 Å². The molecule has 150 valence electrons. The SMILES string of the molecule is Cc1ccc(S(=O)(=O)NCc2ccc(/C=N/NC(=O)C(=O)NC(C)C)o2)cc1. The van der Waals surface area contributed by atoms with Gasteiger partial charge in [-0.25, -0.2) is 18.6 Å². The molecule has 28 heavy (non-hydrogen) atoms. The maximum atomic E-state index is 12.2. The van der Waals surface area contributed by atoms with Gasteiger partial charge in [-0.05, 0) is 45.0 Å². The Bertz CT molecular complexity index is 962. The summed E-state index contributed by atoms with van der Waals surface area (Å²) in [6.07, 6.45) is 1.21. The van der Waals surface area contributed by atoms with E-state index in [1.54, 1.807) is 38.1 Å². The Kier molecular flexibility index (Phi) is 7.07. The Balaban J connectivity index is 1.89. The van der Waals surface area contributed by atoms with E-state index in [2.05, 4.69) is 20.6 Å². The number of rotatable bonds is 7. The minimum atomic E-state index is -3.66. The van der Waals surface area contributed by atoms with E-state index >= 15 is 0 Å². The molecule has 1 aromatic heterocycles. The van der Waals surface area contributed by atoms with Crippen molar-refractivity contribution in [1.29, 1.82) is 0 Å². The summed E-state index contributed by atoms with van der Waals surface area (Å²) in [6, 6.07) is 9.44. The van der Waals surface area contributed by atoms with E-state index in [4.69, 9.17) is 4.42 Å². The average molecular weight is 406 g/mol. The van der Waals surface area contributed by atoms with Crippen molar-refractivity contribution >= 4 is 28.1 Å². The number of furan rings is 1. The third-order valence-corrected chi connectivity index (χ3v) is 4.85. The van der Waals surface area contributed by atoms with Gasteiger partial charge in [-0.1, -0.05) is 17.7 Å². The number of aryl methyl sites for hydroxylation is 1. The van der Waals surface area contributed by atoms with Gasteiger partial charge in [0.05, 0.1) is 17.7 Å². The summed E-state index contributed by atoms with van der Waals surface area (Å²) in [5.41, 5.74) is 3.04. The van der Waals surface area contributed by atoms with Crippen molar-refractivity contribution in [1.82, 2.24) is 15.5 Å². The van der Waals surface area contributed by atoms with Crippen LogP contribution >= 0.6 is 0 Å². The first-order valence-electron chi connectivity index (χ1n) is 8.46. The zero-order valence-electron chi connectivity index (χ0n) is 15.7. The fourth-order valence-corrected chi connectivity index (χ4v) is 3.05. The first-order chi connectivity index (χ1) is 13.2. The van der Waals surface area contributed by atoms with E-state index in [-0.39, 0.29) is 23.2 Å². The molecule has 0 fully saturated rings. The van der Waals surface area contributed by atoms with Crippen LogP contribution in [0.4, 0.5) is 0 Å². The van der Waals surface area contributed by atoms with Crippen LogP contribution in [0.3, 0.4) is 0 Å². The molecule has 0 saturated heterocycles. The largest absolute Gasteiger partial charge is 0.459 e. The topological polar surface area (TPSA) is 130 Å². The van der Waals surface area contributed by atoms with E-state index in [1.165, 1.54) is 18.3 Å². The molecule has 2 rings (SSSR count). The van der Waals surface area contributed by atoms with Gasteiger partial charge in [0.25, 0.3) is 0 Å². The standard InChI is InChI=1S/C18H22N4O5S/c1-12(2)21-17(23)18(24)22-19-10-14-6-7-15(27-14)11-20-28(25,26)16-8-4-13(3)5-9-16/h4-10,12,20H,11H2,1-3H3,(H,21,23)(H,22,24)/b19-10+. The van der Waals surface area contributed by atoms with Crippen LogP contribution in [-0.4, -0.2) is 32.5 Å². The van der Waals surface area contributed by atoms with Gasteiger partial charge in [0.15, 0.2) is 0 Å². The number of nitrogens with zero attached hydrogens (tertiary/aromatic N) is 1. The van der Waals surface area contributed by atoms with Crippen molar-refractivity contribution in [3.8, 4) is 0 Å². The molecule has 0 unspecified atom stereocenters. The van der Waals surface area contributed by atoms with E-state index in [1.807, 2.05) is 6.92 Å². The number of hydrazone groups is 1. The number of hydrogen-bond donors (Lipinski definition) is 3. The Morgan fingerprint density at radius 3 is 2.43 bits per heavy atom. The number of hydrogen-bond acceptors (Lipinski definition) is 6. The van der Waals surface area contributed by atoms with Gasteiger partial charge < -0.3 is 9.73 Å². The van der Waals surface area contributed by atoms with Crippen molar-refractivity contribution in [2.75, 3.05) is 0 Å². The molecule has 0 atom stereocenters. The molecule has 3 N–H and O–H groups in total. The Labute approximate surface area is 163 Å². The van der Waals surface area contributed by atoms with Crippen molar-refractivity contribution in [2.45, 2.75) is 38.3 Å². The van der Waals surface area contributed by atoms with Crippen LogP contribution in [0.15, 0.2) is 50.8 Å². The van der Waals surface area contributed by atoms with Crippen LogP contribution in [0.1, 0.15) is 30.9 Å². The van der Waals surface area contributed by atoms with Crippen molar-refractivity contribution in [2.24, 2.45) is 5.10 Å². The number of benzene rings is 1. The Morgan fingerprint density at radius 1 is 1.11 bits per heavy atom. The molecule has 0 radical (unpaired) electrons. The molecule has 9 nitrogen and oxygen atoms in total. The molecular formula is C18H22N4O5S. The summed E-state index contributed by atoms with van der Waals surface area (Å²) < 4.78 is 32.3. The molecule has 10 heteroatoms. The van der Waals surface area contributed by atoms with E-state index in [9.17, 15) is 18.0 Å². The normalized spacial score (nSPS) is 11.7. The highest BCUT2D eigenvalue weighted by Crippen LogP contribution is 2.12. The van der Waals surface area contributed by atoms with Gasteiger partial charge in [-0.3, -0.25) is 9.59 Å². The van der Waals surface area contributed by atoms with E-state index in [0.29, 0.717) is 5.76 Å².